The fourth-order valence-electron chi connectivity index (χ4n) is 1.57. The highest BCUT2D eigenvalue weighted by Crippen LogP contribution is 2.17. The number of rotatable bonds is 3. The van der Waals surface area contributed by atoms with E-state index in [9.17, 15) is 9.59 Å². The van der Waals surface area contributed by atoms with Crippen LogP contribution in [0.2, 0.25) is 0 Å². The van der Waals surface area contributed by atoms with Gasteiger partial charge < -0.3 is 15.4 Å². The minimum absolute atomic E-state index is 0.249. The lowest BCUT2D eigenvalue weighted by Gasteiger charge is -2.07. The Kier molecular flexibility index (Phi) is 3.09. The van der Waals surface area contributed by atoms with Crippen LogP contribution in [0, 0.1) is 6.92 Å². The number of aromatic carboxylic acids is 1. The summed E-state index contributed by atoms with van der Waals surface area (Å²) in [5.41, 5.74) is 1.30. The molecule has 0 aliphatic carbocycles. The van der Waals surface area contributed by atoms with Gasteiger partial charge in [0.05, 0.1) is 11.9 Å². The summed E-state index contributed by atoms with van der Waals surface area (Å²) in [6, 6.07) is 6.14. The van der Waals surface area contributed by atoms with Crippen LogP contribution in [0.1, 0.15) is 15.9 Å². The van der Waals surface area contributed by atoms with Crippen molar-refractivity contribution in [1.82, 2.24) is 9.97 Å². The van der Waals surface area contributed by atoms with Crippen LogP contribution in [-0.2, 0) is 0 Å². The van der Waals surface area contributed by atoms with Gasteiger partial charge in [0.2, 0.25) is 0 Å². The van der Waals surface area contributed by atoms with Gasteiger partial charge in [-0.15, -0.1) is 0 Å². The van der Waals surface area contributed by atoms with Crippen molar-refractivity contribution in [2.24, 2.45) is 0 Å². The van der Waals surface area contributed by atoms with Gasteiger partial charge in [-0.1, -0.05) is 0 Å². The molecule has 0 amide bonds. The van der Waals surface area contributed by atoms with E-state index in [1.54, 1.807) is 19.1 Å². The summed E-state index contributed by atoms with van der Waals surface area (Å²) >= 11 is 0. The minimum atomic E-state index is -0.965. The molecule has 1 aromatic heterocycles. The SMILES string of the molecule is Cc1cc(Nc2cc(=O)[nH]cn2)ccc1C(=O)O. The van der Waals surface area contributed by atoms with E-state index in [4.69, 9.17) is 5.11 Å². The molecule has 0 unspecified atom stereocenters. The molecule has 0 aliphatic rings. The standard InChI is InChI=1S/C12H11N3O3/c1-7-4-8(2-3-9(7)12(17)18)15-10-5-11(16)14-6-13-10/h2-6H,1H3,(H,17,18)(H2,13,14,15,16). The summed E-state index contributed by atoms with van der Waals surface area (Å²) in [5.74, 6) is -0.561. The van der Waals surface area contributed by atoms with Crippen molar-refractivity contribution in [3.05, 3.63) is 52.1 Å². The summed E-state index contributed by atoms with van der Waals surface area (Å²) < 4.78 is 0. The molecule has 3 N–H and O–H groups in total. The highest BCUT2D eigenvalue weighted by molar-refractivity contribution is 5.90. The second kappa shape index (κ2) is 4.70. The number of aromatic nitrogens is 2. The van der Waals surface area contributed by atoms with E-state index in [1.165, 1.54) is 18.5 Å². The lowest BCUT2D eigenvalue weighted by molar-refractivity contribution is 0.0696. The average molecular weight is 245 g/mol. The number of aromatic amines is 1. The topological polar surface area (TPSA) is 95.1 Å². The zero-order chi connectivity index (χ0) is 13.1. The fraction of sp³-hybridized carbons (Fsp3) is 0.0833. The predicted molar refractivity (Wildman–Crippen MR) is 66.3 cm³/mol. The van der Waals surface area contributed by atoms with Crippen molar-refractivity contribution in [2.45, 2.75) is 6.92 Å². The fourth-order valence-corrected chi connectivity index (χ4v) is 1.57. The average Bonchev–Trinajstić information content (AvgIpc) is 2.28. The van der Waals surface area contributed by atoms with Gasteiger partial charge in [-0.3, -0.25) is 4.79 Å². The number of nitrogens with one attached hydrogen (secondary N) is 2. The molecule has 0 saturated heterocycles. The number of nitrogens with zero attached hydrogens (tertiary/aromatic N) is 1. The zero-order valence-electron chi connectivity index (χ0n) is 9.60. The van der Waals surface area contributed by atoms with Crippen LogP contribution in [0.25, 0.3) is 0 Å². The van der Waals surface area contributed by atoms with Gasteiger partial charge in [0.1, 0.15) is 5.82 Å². The van der Waals surface area contributed by atoms with Crippen molar-refractivity contribution in [2.75, 3.05) is 5.32 Å². The molecule has 0 bridgehead atoms. The largest absolute Gasteiger partial charge is 0.478 e. The number of carbonyl (C=O) groups is 1. The van der Waals surface area contributed by atoms with E-state index >= 15 is 0 Å². The second-order valence-electron chi connectivity index (χ2n) is 3.76. The van der Waals surface area contributed by atoms with Crippen LogP contribution in [0.4, 0.5) is 11.5 Å². The maximum absolute atomic E-state index is 11.1. The molecule has 0 saturated carbocycles. The van der Waals surface area contributed by atoms with Gasteiger partial charge in [0.15, 0.2) is 0 Å². The van der Waals surface area contributed by atoms with Crippen LogP contribution in [0.3, 0.4) is 0 Å². The van der Waals surface area contributed by atoms with E-state index in [-0.39, 0.29) is 11.1 Å². The maximum Gasteiger partial charge on any atom is 0.335 e. The second-order valence-corrected chi connectivity index (χ2v) is 3.76. The monoisotopic (exact) mass is 245 g/mol. The Hall–Kier alpha value is -2.63. The molecule has 6 heteroatoms. The number of carboxylic acid groups (broad SMARTS) is 1. The first-order valence-electron chi connectivity index (χ1n) is 5.22. The lowest BCUT2D eigenvalue weighted by atomic mass is 10.1. The lowest BCUT2D eigenvalue weighted by Crippen LogP contribution is -2.07. The third-order valence-corrected chi connectivity index (χ3v) is 2.41. The maximum atomic E-state index is 11.1. The van der Waals surface area contributed by atoms with Gasteiger partial charge in [-0.25, -0.2) is 9.78 Å². The van der Waals surface area contributed by atoms with Gasteiger partial charge in [-0.2, -0.15) is 0 Å². The van der Waals surface area contributed by atoms with Gasteiger partial charge in [0.25, 0.3) is 5.56 Å². The zero-order valence-corrected chi connectivity index (χ0v) is 9.60. The Labute approximate surface area is 102 Å². The Morgan fingerprint density at radius 1 is 1.39 bits per heavy atom. The molecule has 1 aromatic carbocycles. The summed E-state index contributed by atoms with van der Waals surface area (Å²) in [5, 5.41) is 11.8. The molecule has 0 aliphatic heterocycles. The van der Waals surface area contributed by atoms with E-state index < -0.39 is 5.97 Å². The first-order valence-corrected chi connectivity index (χ1v) is 5.22. The van der Waals surface area contributed by atoms with E-state index in [0.717, 1.165) is 0 Å². The molecule has 2 aromatic rings. The number of H-pyrrole nitrogens is 1. The van der Waals surface area contributed by atoms with Crippen LogP contribution in [-0.4, -0.2) is 21.0 Å². The molecule has 0 radical (unpaired) electrons. The number of carboxylic acids is 1. The third kappa shape index (κ3) is 2.54. The Balaban J connectivity index is 2.28. The minimum Gasteiger partial charge on any atom is -0.478 e. The first-order chi connectivity index (χ1) is 8.56. The molecule has 0 atom stereocenters. The molecular weight excluding hydrogens is 234 g/mol. The smallest absolute Gasteiger partial charge is 0.335 e. The summed E-state index contributed by atoms with van der Waals surface area (Å²) in [7, 11) is 0. The Morgan fingerprint density at radius 3 is 2.78 bits per heavy atom. The van der Waals surface area contributed by atoms with Gasteiger partial charge >= 0.3 is 5.97 Å². The summed E-state index contributed by atoms with van der Waals surface area (Å²) in [6.45, 7) is 1.71. The molecular formula is C12H11N3O3. The van der Waals surface area contributed by atoms with Crippen LogP contribution in [0.15, 0.2) is 35.4 Å². The van der Waals surface area contributed by atoms with E-state index in [1.807, 2.05) is 0 Å². The molecule has 18 heavy (non-hydrogen) atoms. The molecule has 1 heterocycles. The molecule has 0 fully saturated rings. The number of hydrogen-bond acceptors (Lipinski definition) is 4. The van der Waals surface area contributed by atoms with E-state index in [0.29, 0.717) is 17.1 Å². The number of hydrogen-bond donors (Lipinski definition) is 3. The number of benzene rings is 1. The Morgan fingerprint density at radius 2 is 2.17 bits per heavy atom. The quantitative estimate of drug-likeness (QED) is 0.762. The van der Waals surface area contributed by atoms with Crippen LogP contribution in [0.5, 0.6) is 0 Å². The summed E-state index contributed by atoms with van der Waals surface area (Å²) in [6.07, 6.45) is 1.29. The molecule has 2 rings (SSSR count). The van der Waals surface area contributed by atoms with Gasteiger partial charge in [-0.05, 0) is 30.7 Å². The highest BCUT2D eigenvalue weighted by Gasteiger charge is 2.07. The number of anilines is 2. The van der Waals surface area contributed by atoms with Crippen molar-refractivity contribution in [1.29, 1.82) is 0 Å². The van der Waals surface area contributed by atoms with Crippen molar-refractivity contribution < 1.29 is 9.90 Å². The van der Waals surface area contributed by atoms with Crippen molar-refractivity contribution in [3.63, 3.8) is 0 Å². The first kappa shape index (κ1) is 11.8. The third-order valence-electron chi connectivity index (χ3n) is 2.41. The normalized spacial score (nSPS) is 10.1. The van der Waals surface area contributed by atoms with Crippen molar-refractivity contribution >= 4 is 17.5 Å². The molecule has 0 spiro atoms. The van der Waals surface area contributed by atoms with Gasteiger partial charge in [0, 0.05) is 11.8 Å². The van der Waals surface area contributed by atoms with E-state index in [2.05, 4.69) is 15.3 Å². The molecule has 92 valence electrons. The summed E-state index contributed by atoms with van der Waals surface area (Å²) in [4.78, 5) is 28.3. The van der Waals surface area contributed by atoms with Crippen LogP contribution >= 0.6 is 0 Å². The van der Waals surface area contributed by atoms with Crippen LogP contribution < -0.4 is 10.9 Å². The molecule has 6 nitrogen and oxygen atoms in total. The highest BCUT2D eigenvalue weighted by atomic mass is 16.4. The van der Waals surface area contributed by atoms with Crippen molar-refractivity contribution in [3.8, 4) is 0 Å². The predicted octanol–water partition coefficient (Wildman–Crippen LogP) is 1.52. The number of aryl methyl sites for hydroxylation is 1. The Bertz CT molecular complexity index is 649.